The van der Waals surface area contributed by atoms with Crippen LogP contribution in [0.15, 0.2) is 30.3 Å². The van der Waals surface area contributed by atoms with Gasteiger partial charge in [-0.25, -0.2) is 0 Å². The number of ether oxygens (including phenoxy) is 4. The Hall–Kier alpha value is -1.96. The van der Waals surface area contributed by atoms with Crippen molar-refractivity contribution in [3.05, 3.63) is 35.9 Å². The Balaban J connectivity index is 1.95. The molecule has 0 saturated carbocycles. The van der Waals surface area contributed by atoms with Crippen molar-refractivity contribution >= 4 is 11.9 Å². The zero-order valence-electron chi connectivity index (χ0n) is 13.0. The monoisotopic (exact) mass is 324 g/mol. The highest BCUT2D eigenvalue weighted by Crippen LogP contribution is 2.26. The number of aliphatic hydroxyl groups is 1. The van der Waals surface area contributed by atoms with E-state index in [1.807, 2.05) is 30.3 Å². The summed E-state index contributed by atoms with van der Waals surface area (Å²) < 4.78 is 21.0. The molecular formula is C16H20O7. The predicted molar refractivity (Wildman–Crippen MR) is 78.1 cm³/mol. The van der Waals surface area contributed by atoms with Gasteiger partial charge in [0, 0.05) is 13.8 Å². The van der Waals surface area contributed by atoms with Crippen LogP contribution in [0.5, 0.6) is 0 Å². The first kappa shape index (κ1) is 17.4. The molecule has 1 aromatic rings. The largest absolute Gasteiger partial charge is 0.455 e. The fourth-order valence-electron chi connectivity index (χ4n) is 2.36. The van der Waals surface area contributed by atoms with Crippen LogP contribution in [0.1, 0.15) is 19.4 Å². The molecule has 0 spiro atoms. The molecule has 0 amide bonds. The van der Waals surface area contributed by atoms with E-state index >= 15 is 0 Å². The Bertz CT molecular complexity index is 530. The molecule has 0 bridgehead atoms. The molecule has 126 valence electrons. The smallest absolute Gasteiger partial charge is 0.303 e. The maximum Gasteiger partial charge on any atom is 0.303 e. The molecule has 0 radical (unpaired) electrons. The van der Waals surface area contributed by atoms with Crippen molar-refractivity contribution in [1.82, 2.24) is 0 Å². The first-order valence-electron chi connectivity index (χ1n) is 7.27. The fraction of sp³-hybridized carbons (Fsp3) is 0.500. The van der Waals surface area contributed by atoms with Gasteiger partial charge in [-0.15, -0.1) is 0 Å². The third-order valence-electron chi connectivity index (χ3n) is 3.28. The van der Waals surface area contributed by atoms with Gasteiger partial charge in [-0.3, -0.25) is 9.59 Å². The Morgan fingerprint density at radius 2 is 1.70 bits per heavy atom. The average molecular weight is 324 g/mol. The third kappa shape index (κ3) is 5.02. The summed E-state index contributed by atoms with van der Waals surface area (Å²) in [4.78, 5) is 22.4. The van der Waals surface area contributed by atoms with Crippen molar-refractivity contribution in [3.8, 4) is 0 Å². The molecule has 23 heavy (non-hydrogen) atoms. The van der Waals surface area contributed by atoms with Gasteiger partial charge in [-0.1, -0.05) is 30.3 Å². The van der Waals surface area contributed by atoms with E-state index in [-0.39, 0.29) is 6.61 Å². The average Bonchev–Trinajstić information content (AvgIpc) is 2.76. The molecule has 7 nitrogen and oxygen atoms in total. The summed E-state index contributed by atoms with van der Waals surface area (Å²) in [7, 11) is 0. The summed E-state index contributed by atoms with van der Waals surface area (Å²) in [6.45, 7) is 2.87. The number of hydrogen-bond donors (Lipinski definition) is 1. The molecule has 1 heterocycles. The Labute approximate surface area is 134 Å². The van der Waals surface area contributed by atoms with Gasteiger partial charge in [-0.2, -0.15) is 0 Å². The van der Waals surface area contributed by atoms with E-state index in [2.05, 4.69) is 0 Å². The molecule has 2 rings (SSSR count). The number of hydrogen-bond acceptors (Lipinski definition) is 7. The minimum Gasteiger partial charge on any atom is -0.455 e. The number of esters is 2. The predicted octanol–water partition coefficient (Wildman–Crippen LogP) is 0.784. The molecule has 1 saturated heterocycles. The van der Waals surface area contributed by atoms with Crippen LogP contribution >= 0.6 is 0 Å². The van der Waals surface area contributed by atoms with E-state index < -0.39 is 36.5 Å². The van der Waals surface area contributed by atoms with Gasteiger partial charge in [0.25, 0.3) is 0 Å². The fourth-order valence-corrected chi connectivity index (χ4v) is 2.36. The molecule has 1 aromatic carbocycles. The van der Waals surface area contributed by atoms with E-state index in [0.29, 0.717) is 6.61 Å². The summed E-state index contributed by atoms with van der Waals surface area (Å²) >= 11 is 0. The number of aliphatic hydroxyl groups excluding tert-OH is 1. The molecule has 1 aliphatic heterocycles. The van der Waals surface area contributed by atoms with Crippen LogP contribution in [0.25, 0.3) is 0 Å². The summed E-state index contributed by atoms with van der Waals surface area (Å²) in [5.74, 6) is -1.15. The lowest BCUT2D eigenvalue weighted by Crippen LogP contribution is -2.41. The molecular weight excluding hydrogens is 304 g/mol. The molecule has 0 aromatic heterocycles. The second kappa shape index (κ2) is 8.05. The molecule has 4 atom stereocenters. The lowest BCUT2D eigenvalue weighted by Gasteiger charge is -2.22. The lowest BCUT2D eigenvalue weighted by molar-refractivity contribution is -0.174. The van der Waals surface area contributed by atoms with Crippen molar-refractivity contribution in [2.45, 2.75) is 45.1 Å². The first-order valence-corrected chi connectivity index (χ1v) is 7.27. The topological polar surface area (TPSA) is 91.3 Å². The number of carbonyl (C=O) groups excluding carboxylic acids is 2. The zero-order valence-corrected chi connectivity index (χ0v) is 13.0. The minimum absolute atomic E-state index is 0.0850. The Morgan fingerprint density at radius 3 is 2.30 bits per heavy atom. The van der Waals surface area contributed by atoms with Crippen molar-refractivity contribution in [3.63, 3.8) is 0 Å². The summed E-state index contributed by atoms with van der Waals surface area (Å²) in [6, 6.07) is 9.52. The zero-order chi connectivity index (χ0) is 16.8. The normalized spacial score (nSPS) is 26.7. The number of rotatable bonds is 6. The second-order valence-corrected chi connectivity index (χ2v) is 5.21. The Kier molecular flexibility index (Phi) is 6.09. The van der Waals surface area contributed by atoms with Gasteiger partial charge in [-0.05, 0) is 5.56 Å². The van der Waals surface area contributed by atoms with E-state index in [0.717, 1.165) is 5.56 Å². The van der Waals surface area contributed by atoms with Crippen LogP contribution in [-0.2, 0) is 35.1 Å². The molecule has 7 heteroatoms. The van der Waals surface area contributed by atoms with Gasteiger partial charge >= 0.3 is 11.9 Å². The van der Waals surface area contributed by atoms with E-state index in [1.165, 1.54) is 13.8 Å². The van der Waals surface area contributed by atoms with Crippen molar-refractivity contribution < 1.29 is 33.6 Å². The van der Waals surface area contributed by atoms with Gasteiger partial charge in [0.05, 0.1) is 13.2 Å². The highest BCUT2D eigenvalue weighted by atomic mass is 16.7. The number of benzene rings is 1. The lowest BCUT2D eigenvalue weighted by atomic mass is 10.1. The number of carbonyl (C=O) groups is 2. The van der Waals surface area contributed by atoms with Crippen molar-refractivity contribution in [1.29, 1.82) is 0 Å². The molecule has 1 fully saturated rings. The van der Waals surface area contributed by atoms with Crippen molar-refractivity contribution in [2.24, 2.45) is 0 Å². The quantitative estimate of drug-likeness (QED) is 0.773. The molecule has 1 N–H and O–H groups in total. The third-order valence-corrected chi connectivity index (χ3v) is 3.28. The van der Waals surface area contributed by atoms with Gasteiger partial charge in [0.1, 0.15) is 6.10 Å². The van der Waals surface area contributed by atoms with Crippen LogP contribution in [0.2, 0.25) is 0 Å². The highest BCUT2D eigenvalue weighted by molar-refractivity contribution is 5.67. The maximum atomic E-state index is 11.2. The molecule has 1 aliphatic rings. The van der Waals surface area contributed by atoms with Gasteiger partial charge in [0.2, 0.25) is 0 Å². The Morgan fingerprint density at radius 1 is 1.09 bits per heavy atom. The summed E-state index contributed by atoms with van der Waals surface area (Å²) in [5, 5.41) is 9.86. The highest BCUT2D eigenvalue weighted by Gasteiger charge is 2.48. The standard InChI is InChI=1S/C16H20O7/c1-10(17)21-14-13(23-16(19)15(14)22-11(2)18)9-20-8-12-6-4-3-5-7-12/h3-7,13-16,19H,8-9H2,1-2H3/t13-,14-,15-,16?/m1/s1. The van der Waals surface area contributed by atoms with Gasteiger partial charge in [0.15, 0.2) is 18.5 Å². The first-order chi connectivity index (χ1) is 11.0. The maximum absolute atomic E-state index is 11.2. The second-order valence-electron chi connectivity index (χ2n) is 5.21. The molecule has 1 unspecified atom stereocenters. The van der Waals surface area contributed by atoms with Crippen LogP contribution in [0.3, 0.4) is 0 Å². The summed E-state index contributed by atoms with van der Waals surface area (Å²) in [6.07, 6.45) is -4.07. The van der Waals surface area contributed by atoms with Crippen LogP contribution in [0.4, 0.5) is 0 Å². The van der Waals surface area contributed by atoms with E-state index in [4.69, 9.17) is 18.9 Å². The van der Waals surface area contributed by atoms with Crippen LogP contribution in [-0.4, -0.2) is 48.3 Å². The summed E-state index contributed by atoms with van der Waals surface area (Å²) in [5.41, 5.74) is 0.978. The minimum atomic E-state index is -1.37. The van der Waals surface area contributed by atoms with Crippen LogP contribution < -0.4 is 0 Å². The molecule has 0 aliphatic carbocycles. The van der Waals surface area contributed by atoms with Crippen molar-refractivity contribution in [2.75, 3.05) is 6.61 Å². The van der Waals surface area contributed by atoms with E-state index in [1.54, 1.807) is 0 Å². The van der Waals surface area contributed by atoms with Crippen LogP contribution in [0, 0.1) is 0 Å². The SMILES string of the molecule is CC(=O)O[C@@H]1[C@@H](COCc2ccccc2)OC(O)[C@@H]1OC(C)=O. The van der Waals surface area contributed by atoms with E-state index in [9.17, 15) is 14.7 Å². The van der Waals surface area contributed by atoms with Gasteiger partial charge < -0.3 is 24.1 Å².